The summed E-state index contributed by atoms with van der Waals surface area (Å²) >= 11 is 0. The number of nitrogens with one attached hydrogen (secondary N) is 1. The standard InChI is InChI=1S/C16H16N2O3S/c1-11-3-6-14(10-19)7-15(11)18-22(20,21)16-8-13(9-17)5-4-12(16)2/h3-8,18-19H,10H2,1-2H3. The van der Waals surface area contributed by atoms with Crippen molar-refractivity contribution in [3.05, 3.63) is 58.7 Å². The van der Waals surface area contributed by atoms with Gasteiger partial charge in [0, 0.05) is 0 Å². The van der Waals surface area contributed by atoms with Gasteiger partial charge in [-0.25, -0.2) is 8.42 Å². The lowest BCUT2D eigenvalue weighted by atomic mass is 10.1. The van der Waals surface area contributed by atoms with Crippen molar-refractivity contribution in [1.82, 2.24) is 0 Å². The van der Waals surface area contributed by atoms with Crippen molar-refractivity contribution in [3.63, 3.8) is 0 Å². The number of nitrogens with zero attached hydrogens (tertiary/aromatic N) is 1. The summed E-state index contributed by atoms with van der Waals surface area (Å²) in [6, 6.07) is 11.5. The molecule has 0 radical (unpaired) electrons. The first kappa shape index (κ1) is 16.0. The Labute approximate surface area is 129 Å². The van der Waals surface area contributed by atoms with Crippen LogP contribution in [0.5, 0.6) is 0 Å². The summed E-state index contributed by atoms with van der Waals surface area (Å²) in [5.74, 6) is 0. The lowest BCUT2D eigenvalue weighted by Gasteiger charge is -2.13. The molecular formula is C16H16N2O3S. The van der Waals surface area contributed by atoms with E-state index in [9.17, 15) is 8.42 Å². The molecule has 0 aliphatic heterocycles. The Morgan fingerprint density at radius 2 is 1.82 bits per heavy atom. The summed E-state index contributed by atoms with van der Waals surface area (Å²) in [4.78, 5) is 0.0698. The van der Waals surface area contributed by atoms with Gasteiger partial charge in [0.1, 0.15) is 0 Å². The van der Waals surface area contributed by atoms with Gasteiger partial charge in [-0.2, -0.15) is 5.26 Å². The predicted molar refractivity (Wildman–Crippen MR) is 83.8 cm³/mol. The zero-order valence-corrected chi connectivity index (χ0v) is 13.1. The summed E-state index contributed by atoms with van der Waals surface area (Å²) < 4.78 is 27.6. The molecular weight excluding hydrogens is 300 g/mol. The first-order valence-corrected chi connectivity index (χ1v) is 8.09. The highest BCUT2D eigenvalue weighted by atomic mass is 32.2. The van der Waals surface area contributed by atoms with Crippen LogP contribution < -0.4 is 4.72 Å². The Balaban J connectivity index is 2.47. The number of nitriles is 1. The van der Waals surface area contributed by atoms with Crippen LogP contribution in [0.1, 0.15) is 22.3 Å². The van der Waals surface area contributed by atoms with Crippen molar-refractivity contribution in [2.75, 3.05) is 4.72 Å². The topological polar surface area (TPSA) is 90.2 Å². The van der Waals surface area contributed by atoms with Crippen molar-refractivity contribution in [2.45, 2.75) is 25.3 Å². The van der Waals surface area contributed by atoms with E-state index in [1.807, 2.05) is 6.07 Å². The van der Waals surface area contributed by atoms with Gasteiger partial charge in [-0.15, -0.1) is 0 Å². The molecule has 0 heterocycles. The van der Waals surface area contributed by atoms with Crippen molar-refractivity contribution >= 4 is 15.7 Å². The van der Waals surface area contributed by atoms with Crippen LogP contribution in [0, 0.1) is 25.2 Å². The van der Waals surface area contributed by atoms with Gasteiger partial charge in [0.15, 0.2) is 0 Å². The molecule has 0 unspecified atom stereocenters. The van der Waals surface area contributed by atoms with Crippen LogP contribution in [0.3, 0.4) is 0 Å². The van der Waals surface area contributed by atoms with E-state index < -0.39 is 10.0 Å². The third kappa shape index (κ3) is 3.27. The van der Waals surface area contributed by atoms with E-state index in [-0.39, 0.29) is 17.1 Å². The molecule has 0 spiro atoms. The number of aliphatic hydroxyl groups is 1. The number of hydrogen-bond acceptors (Lipinski definition) is 4. The van der Waals surface area contributed by atoms with Gasteiger partial charge in [0.05, 0.1) is 28.8 Å². The van der Waals surface area contributed by atoms with Crippen molar-refractivity contribution < 1.29 is 13.5 Å². The molecule has 0 bridgehead atoms. The van der Waals surface area contributed by atoms with E-state index >= 15 is 0 Å². The Morgan fingerprint density at radius 1 is 1.14 bits per heavy atom. The minimum Gasteiger partial charge on any atom is -0.392 e. The SMILES string of the molecule is Cc1ccc(CO)cc1NS(=O)(=O)c1cc(C#N)ccc1C. The lowest BCUT2D eigenvalue weighted by molar-refractivity contribution is 0.282. The van der Waals surface area contributed by atoms with Crippen LogP contribution in [0.25, 0.3) is 0 Å². The van der Waals surface area contributed by atoms with Crippen LogP contribution in [-0.4, -0.2) is 13.5 Å². The molecule has 2 aromatic rings. The second-order valence-electron chi connectivity index (χ2n) is 5.00. The monoisotopic (exact) mass is 316 g/mol. The van der Waals surface area contributed by atoms with Crippen molar-refractivity contribution in [2.24, 2.45) is 0 Å². The van der Waals surface area contributed by atoms with Gasteiger partial charge < -0.3 is 5.11 Å². The number of sulfonamides is 1. The highest BCUT2D eigenvalue weighted by molar-refractivity contribution is 7.92. The summed E-state index contributed by atoms with van der Waals surface area (Å²) in [6.07, 6.45) is 0. The Kier molecular flexibility index (Phi) is 4.50. The third-order valence-corrected chi connectivity index (χ3v) is 4.84. The van der Waals surface area contributed by atoms with E-state index in [1.165, 1.54) is 6.07 Å². The Bertz CT molecular complexity index is 852. The molecule has 5 nitrogen and oxygen atoms in total. The van der Waals surface area contributed by atoms with E-state index in [2.05, 4.69) is 4.72 Å². The summed E-state index contributed by atoms with van der Waals surface area (Å²) in [7, 11) is -3.81. The van der Waals surface area contributed by atoms with Gasteiger partial charge in [0.25, 0.3) is 10.0 Å². The Hall–Kier alpha value is -2.36. The van der Waals surface area contributed by atoms with E-state index in [1.54, 1.807) is 44.2 Å². The van der Waals surface area contributed by atoms with Crippen LogP contribution in [-0.2, 0) is 16.6 Å². The fourth-order valence-corrected chi connectivity index (χ4v) is 3.43. The molecule has 2 N–H and O–H groups in total. The molecule has 0 aromatic heterocycles. The number of aliphatic hydroxyl groups excluding tert-OH is 1. The van der Waals surface area contributed by atoms with Crippen molar-refractivity contribution in [3.8, 4) is 6.07 Å². The van der Waals surface area contributed by atoms with E-state index in [4.69, 9.17) is 10.4 Å². The van der Waals surface area contributed by atoms with Crippen molar-refractivity contribution in [1.29, 1.82) is 5.26 Å². The van der Waals surface area contributed by atoms with Crippen LogP contribution in [0.2, 0.25) is 0 Å². The minimum absolute atomic E-state index is 0.0698. The van der Waals surface area contributed by atoms with E-state index in [0.717, 1.165) is 5.56 Å². The highest BCUT2D eigenvalue weighted by Crippen LogP contribution is 2.23. The average Bonchev–Trinajstić information content (AvgIpc) is 2.49. The molecule has 0 atom stereocenters. The second-order valence-corrected chi connectivity index (χ2v) is 6.66. The molecule has 0 aliphatic carbocycles. The van der Waals surface area contributed by atoms with Gasteiger partial charge >= 0.3 is 0 Å². The van der Waals surface area contributed by atoms with Gasteiger partial charge in [-0.3, -0.25) is 4.72 Å². The van der Waals surface area contributed by atoms with Gasteiger partial charge in [-0.1, -0.05) is 18.2 Å². The fraction of sp³-hybridized carbons (Fsp3) is 0.188. The quantitative estimate of drug-likeness (QED) is 0.906. The molecule has 0 saturated heterocycles. The summed E-state index contributed by atoms with van der Waals surface area (Å²) in [5.41, 5.74) is 2.61. The smallest absolute Gasteiger partial charge is 0.262 e. The highest BCUT2D eigenvalue weighted by Gasteiger charge is 2.18. The number of aryl methyl sites for hydroxylation is 2. The second kappa shape index (κ2) is 6.18. The fourth-order valence-electron chi connectivity index (χ4n) is 2.04. The van der Waals surface area contributed by atoms with Crippen LogP contribution in [0.4, 0.5) is 5.69 Å². The first-order valence-electron chi connectivity index (χ1n) is 6.61. The number of rotatable bonds is 4. The third-order valence-electron chi connectivity index (χ3n) is 3.34. The minimum atomic E-state index is -3.81. The van der Waals surface area contributed by atoms with E-state index in [0.29, 0.717) is 16.8 Å². The maximum atomic E-state index is 12.6. The predicted octanol–water partition coefficient (Wildman–Crippen LogP) is 2.47. The zero-order valence-electron chi connectivity index (χ0n) is 12.3. The molecule has 2 aromatic carbocycles. The average molecular weight is 316 g/mol. The normalized spacial score (nSPS) is 11.0. The molecule has 114 valence electrons. The lowest BCUT2D eigenvalue weighted by Crippen LogP contribution is -2.15. The molecule has 0 aliphatic rings. The van der Waals surface area contributed by atoms with Crippen LogP contribution in [0.15, 0.2) is 41.3 Å². The number of benzene rings is 2. The Morgan fingerprint density at radius 3 is 2.45 bits per heavy atom. The maximum Gasteiger partial charge on any atom is 0.262 e. The molecule has 0 fully saturated rings. The van der Waals surface area contributed by atoms with Gasteiger partial charge in [-0.05, 0) is 48.7 Å². The molecule has 2 rings (SSSR count). The van der Waals surface area contributed by atoms with Crippen LogP contribution >= 0.6 is 0 Å². The zero-order chi connectivity index (χ0) is 16.3. The molecule has 0 saturated carbocycles. The maximum absolute atomic E-state index is 12.6. The number of hydrogen-bond donors (Lipinski definition) is 2. The molecule has 0 amide bonds. The first-order chi connectivity index (χ1) is 10.4. The summed E-state index contributed by atoms with van der Waals surface area (Å²) in [5, 5.41) is 18.1. The molecule has 6 heteroatoms. The largest absolute Gasteiger partial charge is 0.392 e. The summed E-state index contributed by atoms with van der Waals surface area (Å²) in [6.45, 7) is 3.28. The number of anilines is 1. The van der Waals surface area contributed by atoms with Gasteiger partial charge in [0.2, 0.25) is 0 Å². The molecule has 22 heavy (non-hydrogen) atoms.